The van der Waals surface area contributed by atoms with E-state index in [9.17, 15) is 9.59 Å². The summed E-state index contributed by atoms with van der Waals surface area (Å²) in [6.07, 6.45) is 2.60. The number of carbonyl (C=O) groups is 2. The molecule has 0 aliphatic carbocycles. The van der Waals surface area contributed by atoms with Crippen molar-refractivity contribution >= 4 is 53.1 Å². The highest BCUT2D eigenvalue weighted by atomic mass is 16.1. The number of hydrogen-bond acceptors (Lipinski definition) is 7. The number of benzene rings is 1. The fourth-order valence-corrected chi connectivity index (χ4v) is 1.84. The van der Waals surface area contributed by atoms with Crippen molar-refractivity contribution < 1.29 is 9.59 Å². The van der Waals surface area contributed by atoms with Crippen LogP contribution < -0.4 is 27.9 Å². The Morgan fingerprint density at radius 1 is 1.18 bits per heavy atom. The highest BCUT2D eigenvalue weighted by molar-refractivity contribution is 6.67. The van der Waals surface area contributed by atoms with Crippen LogP contribution in [-0.4, -0.2) is 47.8 Å². The first kappa shape index (κ1) is 22.0. The van der Waals surface area contributed by atoms with E-state index in [-0.39, 0.29) is 11.8 Å². The molecule has 1 atom stereocenters. The van der Waals surface area contributed by atoms with Gasteiger partial charge in [0, 0.05) is 11.9 Å². The largest absolute Gasteiger partial charge is 0.368 e. The first-order valence-corrected chi connectivity index (χ1v) is 8.03. The lowest BCUT2D eigenvalue weighted by Gasteiger charge is -2.11. The van der Waals surface area contributed by atoms with Crippen molar-refractivity contribution in [2.45, 2.75) is 19.4 Å². The molecule has 0 radical (unpaired) electrons. The molecule has 0 aromatic heterocycles. The van der Waals surface area contributed by atoms with E-state index < -0.39 is 23.6 Å². The maximum absolute atomic E-state index is 11.4. The van der Waals surface area contributed by atoms with Crippen molar-refractivity contribution in [3.63, 3.8) is 0 Å². The van der Waals surface area contributed by atoms with Crippen LogP contribution in [0.1, 0.15) is 13.3 Å². The SMILES string of the molecule is CC[C@@H](N=C(N)N=C(Nc1ccc(N/N=C\C=N)cc1)C(=N)C(N)=O)C(N)=O. The maximum Gasteiger partial charge on any atom is 0.270 e. The van der Waals surface area contributed by atoms with Gasteiger partial charge in [-0.1, -0.05) is 6.92 Å². The Morgan fingerprint density at radius 2 is 1.79 bits per heavy atom. The number of primary amides is 2. The smallest absolute Gasteiger partial charge is 0.270 e. The van der Waals surface area contributed by atoms with Crippen molar-refractivity contribution in [3.8, 4) is 0 Å². The highest BCUT2D eigenvalue weighted by Crippen LogP contribution is 2.13. The van der Waals surface area contributed by atoms with Crippen molar-refractivity contribution in [3.05, 3.63) is 24.3 Å². The molecule has 0 aliphatic heterocycles. The molecule has 28 heavy (non-hydrogen) atoms. The molecule has 2 amide bonds. The molecule has 0 fully saturated rings. The lowest BCUT2D eigenvalue weighted by atomic mass is 10.2. The fraction of sp³-hybridized carbons (Fsp3) is 0.188. The molecule has 1 aromatic rings. The Bertz CT molecular complexity index is 826. The quantitative estimate of drug-likeness (QED) is 0.171. The van der Waals surface area contributed by atoms with Crippen LogP contribution in [0.3, 0.4) is 0 Å². The second kappa shape index (κ2) is 10.8. The molecule has 12 heteroatoms. The van der Waals surface area contributed by atoms with Crippen LogP contribution in [0, 0.1) is 10.8 Å². The standard InChI is InChI=1S/C16H22N10O2/c1-2-11(13(19)27)24-16(21)25-15(12(18)14(20)28)23-9-3-5-10(6-4-9)26-22-8-7-17/h3-8,11,17-18,26H,2H2,1H3,(H2,19,27)(H2,20,28)(H3,21,23,24,25)/b17-7?,18-12?,22-8-/t11-/m1/s1. The van der Waals surface area contributed by atoms with E-state index in [1.54, 1.807) is 31.2 Å². The molecular weight excluding hydrogens is 364 g/mol. The molecule has 0 bridgehead atoms. The molecule has 148 valence electrons. The van der Waals surface area contributed by atoms with Gasteiger partial charge < -0.3 is 27.9 Å². The number of hydrazone groups is 1. The molecular formula is C16H22N10O2. The lowest BCUT2D eigenvalue weighted by molar-refractivity contribution is -0.119. The van der Waals surface area contributed by atoms with E-state index in [1.165, 1.54) is 6.21 Å². The van der Waals surface area contributed by atoms with Gasteiger partial charge in [-0.15, -0.1) is 0 Å². The normalized spacial score (nSPS) is 13.0. The van der Waals surface area contributed by atoms with Crippen molar-refractivity contribution in [2.24, 2.45) is 32.3 Å². The van der Waals surface area contributed by atoms with E-state index in [4.69, 9.17) is 28.0 Å². The predicted octanol–water partition coefficient (Wildman–Crippen LogP) is -0.372. The topological polar surface area (TPSA) is 221 Å². The Hall–Kier alpha value is -4.09. The average Bonchev–Trinajstić information content (AvgIpc) is 2.66. The molecule has 0 saturated carbocycles. The summed E-state index contributed by atoms with van der Waals surface area (Å²) in [5.41, 5.74) is 19.2. The molecule has 0 spiro atoms. The second-order valence-corrected chi connectivity index (χ2v) is 5.27. The van der Waals surface area contributed by atoms with E-state index in [0.717, 1.165) is 6.21 Å². The Balaban J connectivity index is 3.08. The Kier molecular flexibility index (Phi) is 8.47. The Morgan fingerprint density at radius 3 is 2.29 bits per heavy atom. The third-order valence-corrected chi connectivity index (χ3v) is 3.20. The first-order chi connectivity index (χ1) is 13.3. The predicted molar refractivity (Wildman–Crippen MR) is 110 cm³/mol. The third kappa shape index (κ3) is 7.03. The number of nitrogens with one attached hydrogen (secondary N) is 4. The number of carbonyl (C=O) groups excluding carboxylic acids is 2. The van der Waals surface area contributed by atoms with Gasteiger partial charge in [0.25, 0.3) is 5.91 Å². The molecule has 0 aliphatic rings. The van der Waals surface area contributed by atoms with Gasteiger partial charge in [0.05, 0.1) is 11.9 Å². The maximum atomic E-state index is 11.4. The summed E-state index contributed by atoms with van der Waals surface area (Å²) in [4.78, 5) is 30.4. The van der Waals surface area contributed by atoms with Crippen LogP contribution >= 0.6 is 0 Å². The number of rotatable bonds is 9. The number of anilines is 2. The van der Waals surface area contributed by atoms with Crippen molar-refractivity contribution in [1.29, 1.82) is 10.8 Å². The Labute approximate surface area is 161 Å². The summed E-state index contributed by atoms with van der Waals surface area (Å²) in [6.45, 7) is 1.70. The summed E-state index contributed by atoms with van der Waals surface area (Å²) in [7, 11) is 0. The van der Waals surface area contributed by atoms with Gasteiger partial charge in [-0.05, 0) is 30.7 Å². The highest BCUT2D eigenvalue weighted by Gasteiger charge is 2.16. The summed E-state index contributed by atoms with van der Waals surface area (Å²) in [5.74, 6) is -2.27. The number of amides is 2. The van der Waals surface area contributed by atoms with Gasteiger partial charge in [0.2, 0.25) is 11.9 Å². The van der Waals surface area contributed by atoms with Crippen LogP contribution in [0.5, 0.6) is 0 Å². The van der Waals surface area contributed by atoms with E-state index in [2.05, 4.69) is 25.8 Å². The average molecular weight is 386 g/mol. The second-order valence-electron chi connectivity index (χ2n) is 5.27. The zero-order valence-corrected chi connectivity index (χ0v) is 15.1. The minimum atomic E-state index is -1.03. The fourth-order valence-electron chi connectivity index (χ4n) is 1.84. The number of guanidine groups is 1. The van der Waals surface area contributed by atoms with Gasteiger partial charge in [-0.3, -0.25) is 20.4 Å². The lowest BCUT2D eigenvalue weighted by Crippen LogP contribution is -2.36. The number of aliphatic imine (C=N–C) groups is 2. The van der Waals surface area contributed by atoms with Crippen LogP contribution in [-0.2, 0) is 9.59 Å². The number of nitrogens with two attached hydrogens (primary N) is 3. The van der Waals surface area contributed by atoms with E-state index in [0.29, 0.717) is 17.8 Å². The number of hydrogen-bond donors (Lipinski definition) is 7. The molecule has 0 unspecified atom stereocenters. The summed E-state index contributed by atoms with van der Waals surface area (Å²) >= 11 is 0. The van der Waals surface area contributed by atoms with Crippen LogP contribution in [0.25, 0.3) is 0 Å². The van der Waals surface area contributed by atoms with Crippen LogP contribution in [0.15, 0.2) is 39.4 Å². The minimum absolute atomic E-state index is 0.240. The van der Waals surface area contributed by atoms with Gasteiger partial charge in [-0.25, -0.2) is 4.99 Å². The van der Waals surface area contributed by atoms with Crippen LogP contribution in [0.2, 0.25) is 0 Å². The van der Waals surface area contributed by atoms with Crippen molar-refractivity contribution in [2.75, 3.05) is 10.7 Å². The minimum Gasteiger partial charge on any atom is -0.368 e. The van der Waals surface area contributed by atoms with Gasteiger partial charge in [0.1, 0.15) is 6.04 Å². The molecule has 1 aromatic carbocycles. The van der Waals surface area contributed by atoms with E-state index >= 15 is 0 Å². The first-order valence-electron chi connectivity index (χ1n) is 8.03. The summed E-state index contributed by atoms with van der Waals surface area (Å²) in [5, 5.41) is 21.1. The molecule has 0 saturated heterocycles. The molecule has 10 N–H and O–H groups in total. The van der Waals surface area contributed by atoms with Crippen LogP contribution in [0.4, 0.5) is 11.4 Å². The molecule has 0 heterocycles. The summed E-state index contributed by atoms with van der Waals surface area (Å²) < 4.78 is 0. The van der Waals surface area contributed by atoms with E-state index in [1.807, 2.05) is 0 Å². The van der Waals surface area contributed by atoms with Gasteiger partial charge in [0.15, 0.2) is 11.5 Å². The third-order valence-electron chi connectivity index (χ3n) is 3.20. The number of amidine groups is 1. The zero-order valence-electron chi connectivity index (χ0n) is 15.1. The summed E-state index contributed by atoms with van der Waals surface area (Å²) in [6, 6.07) is 5.69. The number of nitrogens with zero attached hydrogens (tertiary/aromatic N) is 3. The molecule has 1 rings (SSSR count). The molecule has 12 nitrogen and oxygen atoms in total. The van der Waals surface area contributed by atoms with Gasteiger partial charge >= 0.3 is 0 Å². The zero-order chi connectivity index (χ0) is 21.1. The van der Waals surface area contributed by atoms with Crippen molar-refractivity contribution in [1.82, 2.24) is 0 Å². The van der Waals surface area contributed by atoms with Gasteiger partial charge in [-0.2, -0.15) is 10.1 Å². The monoisotopic (exact) mass is 386 g/mol.